The van der Waals surface area contributed by atoms with Crippen molar-refractivity contribution in [1.82, 2.24) is 14.9 Å². The molecule has 3 saturated heterocycles. The molecule has 0 N–H and O–H groups in total. The van der Waals surface area contributed by atoms with Crippen molar-refractivity contribution in [2.24, 2.45) is 5.92 Å². The molecule has 1 atom stereocenters. The normalized spacial score (nSPS) is 34.0. The third-order valence-electron chi connectivity index (χ3n) is 3.40. The molecular formula is C11H15N3O. The van der Waals surface area contributed by atoms with E-state index in [0.29, 0.717) is 18.0 Å². The van der Waals surface area contributed by atoms with Crippen molar-refractivity contribution in [2.45, 2.75) is 18.9 Å². The van der Waals surface area contributed by atoms with Crippen molar-refractivity contribution in [3.05, 3.63) is 18.5 Å². The first-order valence-corrected chi connectivity index (χ1v) is 5.58. The molecule has 0 spiro atoms. The molecule has 15 heavy (non-hydrogen) atoms. The summed E-state index contributed by atoms with van der Waals surface area (Å²) in [7, 11) is 0. The summed E-state index contributed by atoms with van der Waals surface area (Å²) >= 11 is 0. The number of nitrogens with zero attached hydrogens (tertiary/aromatic N) is 3. The van der Waals surface area contributed by atoms with Gasteiger partial charge in [-0.25, -0.2) is 9.97 Å². The summed E-state index contributed by atoms with van der Waals surface area (Å²) in [6.07, 6.45) is 6.28. The number of aromatic nitrogens is 2. The molecule has 3 aliphatic heterocycles. The monoisotopic (exact) mass is 205 g/mol. The van der Waals surface area contributed by atoms with Gasteiger partial charge in [-0.15, -0.1) is 0 Å². The molecule has 3 fully saturated rings. The molecule has 0 amide bonds. The highest BCUT2D eigenvalue weighted by atomic mass is 16.5. The molecule has 1 aromatic heterocycles. The van der Waals surface area contributed by atoms with Gasteiger partial charge < -0.3 is 4.74 Å². The van der Waals surface area contributed by atoms with Crippen LogP contribution in [0.15, 0.2) is 18.5 Å². The highest BCUT2D eigenvalue weighted by molar-refractivity contribution is 4.97. The van der Waals surface area contributed by atoms with E-state index >= 15 is 0 Å². The molecule has 2 bridgehead atoms. The van der Waals surface area contributed by atoms with E-state index < -0.39 is 0 Å². The summed E-state index contributed by atoms with van der Waals surface area (Å²) in [5.41, 5.74) is 0. The topological polar surface area (TPSA) is 38.2 Å². The Hall–Kier alpha value is -1.16. The standard InChI is InChI=1S/C11H15N3O/c1-4-12-11(13-5-1)15-10-8-14-6-2-9(10)3-7-14/h1,4-5,9-10H,2-3,6-8H2/t10-/m1/s1. The summed E-state index contributed by atoms with van der Waals surface area (Å²) in [5, 5.41) is 0. The van der Waals surface area contributed by atoms with Crippen LogP contribution in [0.3, 0.4) is 0 Å². The molecule has 4 rings (SSSR count). The van der Waals surface area contributed by atoms with E-state index in [4.69, 9.17) is 4.74 Å². The highest BCUT2D eigenvalue weighted by Crippen LogP contribution is 2.29. The van der Waals surface area contributed by atoms with Crippen LogP contribution >= 0.6 is 0 Å². The lowest BCUT2D eigenvalue weighted by Gasteiger charge is -2.43. The summed E-state index contributed by atoms with van der Waals surface area (Å²) in [6.45, 7) is 3.52. The second-order valence-electron chi connectivity index (χ2n) is 4.33. The van der Waals surface area contributed by atoms with Crippen LogP contribution in [-0.2, 0) is 0 Å². The number of rotatable bonds is 2. The van der Waals surface area contributed by atoms with E-state index in [1.54, 1.807) is 12.4 Å². The van der Waals surface area contributed by atoms with E-state index in [1.165, 1.54) is 25.9 Å². The number of hydrogen-bond acceptors (Lipinski definition) is 4. The smallest absolute Gasteiger partial charge is 0.316 e. The molecule has 3 aliphatic rings. The molecule has 0 unspecified atom stereocenters. The van der Waals surface area contributed by atoms with Gasteiger partial charge in [-0.05, 0) is 37.9 Å². The van der Waals surface area contributed by atoms with Crippen LogP contribution in [0, 0.1) is 5.92 Å². The van der Waals surface area contributed by atoms with Crippen LogP contribution in [-0.4, -0.2) is 40.6 Å². The summed E-state index contributed by atoms with van der Waals surface area (Å²) in [6, 6.07) is 2.33. The van der Waals surface area contributed by atoms with E-state index in [0.717, 1.165) is 6.54 Å². The van der Waals surface area contributed by atoms with Gasteiger partial charge in [0.1, 0.15) is 6.10 Å². The molecule has 0 aliphatic carbocycles. The maximum atomic E-state index is 5.83. The van der Waals surface area contributed by atoms with E-state index in [-0.39, 0.29) is 0 Å². The molecule has 0 aromatic carbocycles. The largest absolute Gasteiger partial charge is 0.458 e. The van der Waals surface area contributed by atoms with Gasteiger partial charge in [0.2, 0.25) is 0 Å². The minimum Gasteiger partial charge on any atom is -0.458 e. The second kappa shape index (κ2) is 3.77. The third-order valence-corrected chi connectivity index (χ3v) is 3.40. The third kappa shape index (κ3) is 1.81. The summed E-state index contributed by atoms with van der Waals surface area (Å²) < 4.78 is 5.83. The Balaban J connectivity index is 1.69. The van der Waals surface area contributed by atoms with Gasteiger partial charge in [-0.2, -0.15) is 0 Å². The maximum Gasteiger partial charge on any atom is 0.316 e. The van der Waals surface area contributed by atoms with Gasteiger partial charge in [0, 0.05) is 18.9 Å². The van der Waals surface area contributed by atoms with Crippen molar-refractivity contribution >= 4 is 0 Å². The van der Waals surface area contributed by atoms with Crippen LogP contribution in [0.25, 0.3) is 0 Å². The van der Waals surface area contributed by atoms with Crippen LogP contribution in [0.4, 0.5) is 0 Å². The minimum absolute atomic E-state index is 0.301. The lowest BCUT2D eigenvalue weighted by molar-refractivity contribution is -0.0123. The average molecular weight is 205 g/mol. The lowest BCUT2D eigenvalue weighted by atomic mass is 9.86. The van der Waals surface area contributed by atoms with Gasteiger partial charge in [0.15, 0.2) is 0 Å². The number of ether oxygens (including phenoxy) is 1. The molecule has 4 heteroatoms. The minimum atomic E-state index is 0.301. The zero-order chi connectivity index (χ0) is 10.1. The van der Waals surface area contributed by atoms with Crippen molar-refractivity contribution in [3.8, 4) is 6.01 Å². The van der Waals surface area contributed by atoms with Gasteiger partial charge in [-0.1, -0.05) is 0 Å². The quantitative estimate of drug-likeness (QED) is 0.720. The van der Waals surface area contributed by atoms with Gasteiger partial charge in [0.05, 0.1) is 0 Å². The molecule has 4 nitrogen and oxygen atoms in total. The Morgan fingerprint density at radius 3 is 2.53 bits per heavy atom. The Labute approximate surface area is 89.3 Å². The van der Waals surface area contributed by atoms with Crippen molar-refractivity contribution in [2.75, 3.05) is 19.6 Å². The van der Waals surface area contributed by atoms with Crippen LogP contribution < -0.4 is 4.74 Å². The van der Waals surface area contributed by atoms with Crippen LogP contribution in [0.2, 0.25) is 0 Å². The fourth-order valence-corrected chi connectivity index (χ4v) is 2.53. The first kappa shape index (κ1) is 9.09. The lowest BCUT2D eigenvalue weighted by Crippen LogP contribution is -2.52. The van der Waals surface area contributed by atoms with E-state index in [2.05, 4.69) is 14.9 Å². The molecule has 80 valence electrons. The maximum absolute atomic E-state index is 5.83. The second-order valence-corrected chi connectivity index (χ2v) is 4.33. The Morgan fingerprint density at radius 2 is 1.93 bits per heavy atom. The highest BCUT2D eigenvalue weighted by Gasteiger charge is 2.35. The Morgan fingerprint density at radius 1 is 1.20 bits per heavy atom. The molecule has 4 heterocycles. The number of fused-ring (bicyclic) bond motifs is 3. The van der Waals surface area contributed by atoms with Crippen LogP contribution in [0.1, 0.15) is 12.8 Å². The van der Waals surface area contributed by atoms with Gasteiger partial charge >= 0.3 is 6.01 Å². The zero-order valence-corrected chi connectivity index (χ0v) is 8.67. The first-order valence-electron chi connectivity index (χ1n) is 5.58. The van der Waals surface area contributed by atoms with Crippen LogP contribution in [0.5, 0.6) is 6.01 Å². The molecular weight excluding hydrogens is 190 g/mol. The number of piperidine rings is 3. The zero-order valence-electron chi connectivity index (χ0n) is 8.67. The van der Waals surface area contributed by atoms with Crippen molar-refractivity contribution in [1.29, 1.82) is 0 Å². The molecule has 0 saturated carbocycles. The Bertz CT molecular complexity index is 322. The fourth-order valence-electron chi connectivity index (χ4n) is 2.53. The fraction of sp³-hybridized carbons (Fsp3) is 0.636. The SMILES string of the molecule is c1cnc(O[C@@H]2CN3CCC2CC3)nc1. The van der Waals surface area contributed by atoms with E-state index in [9.17, 15) is 0 Å². The van der Waals surface area contributed by atoms with Gasteiger partial charge in [-0.3, -0.25) is 4.90 Å². The summed E-state index contributed by atoms with van der Waals surface area (Å²) in [4.78, 5) is 10.7. The predicted molar refractivity (Wildman–Crippen MR) is 55.6 cm³/mol. The summed E-state index contributed by atoms with van der Waals surface area (Å²) in [5.74, 6) is 0.707. The Kier molecular flexibility index (Phi) is 2.29. The molecule has 1 aromatic rings. The predicted octanol–water partition coefficient (Wildman–Crippen LogP) is 0.950. The average Bonchev–Trinajstić information content (AvgIpc) is 2.32. The molecule has 0 radical (unpaired) electrons. The van der Waals surface area contributed by atoms with Crippen molar-refractivity contribution < 1.29 is 4.74 Å². The van der Waals surface area contributed by atoms with E-state index in [1.807, 2.05) is 6.07 Å². The van der Waals surface area contributed by atoms with Crippen molar-refractivity contribution in [3.63, 3.8) is 0 Å². The number of hydrogen-bond donors (Lipinski definition) is 0. The van der Waals surface area contributed by atoms with Gasteiger partial charge in [0.25, 0.3) is 0 Å². The first-order chi connectivity index (χ1) is 7.42.